The maximum atomic E-state index is 12.5. The minimum Gasteiger partial charge on any atom is -0.421 e. The van der Waals surface area contributed by atoms with Gasteiger partial charge in [0.05, 0.1) is 10.9 Å². The van der Waals surface area contributed by atoms with Gasteiger partial charge < -0.3 is 4.42 Å². The van der Waals surface area contributed by atoms with E-state index in [0.717, 1.165) is 4.47 Å². The molecule has 20 heavy (non-hydrogen) atoms. The Morgan fingerprint density at radius 1 is 0.900 bits per heavy atom. The Balaban J connectivity index is 2.22. The molecule has 0 bridgehead atoms. The Morgan fingerprint density at radius 3 is 2.45 bits per heavy atom. The topological polar surface area (TPSA) is 47.3 Å². The second-order valence-electron chi connectivity index (χ2n) is 4.66. The molecule has 0 fully saturated rings. The monoisotopic (exact) mass is 326 g/mol. The molecule has 4 rings (SSSR count). The molecular weight excluding hydrogens is 320 g/mol. The second-order valence-corrected chi connectivity index (χ2v) is 5.57. The van der Waals surface area contributed by atoms with Gasteiger partial charge in [0.1, 0.15) is 0 Å². The molecule has 1 aromatic heterocycles. The Morgan fingerprint density at radius 2 is 1.65 bits per heavy atom. The normalized spacial score (nSPS) is 12.6. The van der Waals surface area contributed by atoms with Crippen LogP contribution in [0.2, 0.25) is 0 Å². The lowest BCUT2D eigenvalue weighted by atomic mass is 10.0. The van der Waals surface area contributed by atoms with Crippen LogP contribution < -0.4 is 5.63 Å². The molecule has 3 aromatic rings. The number of benzene rings is 2. The number of fused-ring (bicyclic) bond motifs is 5. The smallest absolute Gasteiger partial charge is 0.344 e. The van der Waals surface area contributed by atoms with E-state index in [1.807, 2.05) is 12.1 Å². The fourth-order valence-electron chi connectivity index (χ4n) is 2.65. The van der Waals surface area contributed by atoms with Crippen molar-refractivity contribution in [2.45, 2.75) is 0 Å². The van der Waals surface area contributed by atoms with E-state index in [1.165, 1.54) is 0 Å². The van der Waals surface area contributed by atoms with Crippen LogP contribution in [-0.2, 0) is 0 Å². The molecule has 96 valence electrons. The number of hydrogen-bond acceptors (Lipinski definition) is 3. The number of rotatable bonds is 0. The fraction of sp³-hybridized carbons (Fsp3) is 0. The molecule has 1 aliphatic rings. The lowest BCUT2D eigenvalue weighted by Gasteiger charge is -2.03. The van der Waals surface area contributed by atoms with Crippen LogP contribution in [0.25, 0.3) is 22.1 Å². The minimum atomic E-state index is -0.426. The predicted octanol–water partition coefficient (Wildman–Crippen LogP) is 3.77. The number of carbonyl (C=O) groups excluding carboxylic acids is 1. The molecule has 0 aliphatic heterocycles. The summed E-state index contributed by atoms with van der Waals surface area (Å²) in [6.45, 7) is 0. The van der Waals surface area contributed by atoms with Gasteiger partial charge in [0, 0.05) is 21.0 Å². The van der Waals surface area contributed by atoms with Crippen LogP contribution in [-0.4, -0.2) is 5.78 Å². The van der Waals surface area contributed by atoms with Gasteiger partial charge in [0.25, 0.3) is 0 Å². The van der Waals surface area contributed by atoms with Crippen molar-refractivity contribution in [3.8, 4) is 11.3 Å². The molecule has 0 spiro atoms. The van der Waals surface area contributed by atoms with Crippen molar-refractivity contribution in [1.29, 1.82) is 0 Å². The number of halogens is 1. The standard InChI is InChI=1S/C16H7BrO3/c17-8-5-6-9-12(7-8)16(19)20-15-11-4-2-1-3-10(11)14(18)13(9)15/h1-7H. The zero-order chi connectivity index (χ0) is 13.9. The summed E-state index contributed by atoms with van der Waals surface area (Å²) in [7, 11) is 0. The van der Waals surface area contributed by atoms with E-state index in [4.69, 9.17) is 4.42 Å². The summed E-state index contributed by atoms with van der Waals surface area (Å²) >= 11 is 3.33. The first-order valence-corrected chi connectivity index (χ1v) is 6.86. The highest BCUT2D eigenvalue weighted by molar-refractivity contribution is 9.10. The predicted molar refractivity (Wildman–Crippen MR) is 79.1 cm³/mol. The average Bonchev–Trinajstić information content (AvgIpc) is 2.73. The van der Waals surface area contributed by atoms with Crippen molar-refractivity contribution in [3.63, 3.8) is 0 Å². The Hall–Kier alpha value is -2.20. The van der Waals surface area contributed by atoms with Crippen molar-refractivity contribution >= 4 is 32.5 Å². The average molecular weight is 327 g/mol. The van der Waals surface area contributed by atoms with E-state index in [2.05, 4.69) is 15.9 Å². The van der Waals surface area contributed by atoms with Crippen molar-refractivity contribution in [2.24, 2.45) is 0 Å². The van der Waals surface area contributed by atoms with E-state index in [0.29, 0.717) is 33.2 Å². The first-order chi connectivity index (χ1) is 9.66. The van der Waals surface area contributed by atoms with Gasteiger partial charge in [-0.05, 0) is 12.1 Å². The van der Waals surface area contributed by atoms with E-state index in [-0.39, 0.29) is 5.78 Å². The summed E-state index contributed by atoms with van der Waals surface area (Å²) in [5.74, 6) is 0.289. The van der Waals surface area contributed by atoms with Crippen molar-refractivity contribution < 1.29 is 9.21 Å². The number of ketones is 1. The van der Waals surface area contributed by atoms with Crippen LogP contribution in [0, 0.1) is 0 Å². The summed E-state index contributed by atoms with van der Waals surface area (Å²) in [4.78, 5) is 24.6. The summed E-state index contributed by atoms with van der Waals surface area (Å²) in [6.07, 6.45) is 0. The van der Waals surface area contributed by atoms with Crippen LogP contribution in [0.1, 0.15) is 15.9 Å². The zero-order valence-electron chi connectivity index (χ0n) is 10.1. The third-order valence-electron chi connectivity index (χ3n) is 3.54. The van der Waals surface area contributed by atoms with E-state index >= 15 is 0 Å². The molecule has 4 heteroatoms. The van der Waals surface area contributed by atoms with E-state index < -0.39 is 5.63 Å². The van der Waals surface area contributed by atoms with E-state index in [9.17, 15) is 9.59 Å². The van der Waals surface area contributed by atoms with Crippen LogP contribution in [0.3, 0.4) is 0 Å². The van der Waals surface area contributed by atoms with Crippen LogP contribution in [0.15, 0.2) is 56.1 Å². The van der Waals surface area contributed by atoms with Crippen LogP contribution in [0.5, 0.6) is 0 Å². The largest absolute Gasteiger partial charge is 0.421 e. The van der Waals surface area contributed by atoms with E-state index in [1.54, 1.807) is 30.3 Å². The molecule has 0 saturated heterocycles. The number of hydrogen-bond donors (Lipinski definition) is 0. The molecule has 0 unspecified atom stereocenters. The molecular formula is C16H7BrO3. The maximum Gasteiger partial charge on any atom is 0.344 e. The van der Waals surface area contributed by atoms with Gasteiger partial charge in [-0.15, -0.1) is 0 Å². The van der Waals surface area contributed by atoms with Crippen molar-refractivity contribution in [1.82, 2.24) is 0 Å². The molecule has 0 N–H and O–H groups in total. The highest BCUT2D eigenvalue weighted by atomic mass is 79.9. The highest BCUT2D eigenvalue weighted by Crippen LogP contribution is 2.39. The first-order valence-electron chi connectivity index (χ1n) is 6.07. The fourth-order valence-corrected chi connectivity index (χ4v) is 3.01. The number of carbonyl (C=O) groups is 1. The third kappa shape index (κ3) is 1.40. The lowest BCUT2D eigenvalue weighted by Crippen LogP contribution is -2.04. The first kappa shape index (κ1) is 11.6. The molecule has 0 amide bonds. The molecule has 1 aliphatic carbocycles. The van der Waals surface area contributed by atoms with Gasteiger partial charge in [-0.2, -0.15) is 0 Å². The molecule has 0 atom stereocenters. The Bertz CT molecular complexity index is 954. The molecule has 2 aromatic carbocycles. The van der Waals surface area contributed by atoms with Crippen LogP contribution in [0.4, 0.5) is 0 Å². The zero-order valence-corrected chi connectivity index (χ0v) is 11.7. The molecule has 3 nitrogen and oxygen atoms in total. The SMILES string of the molecule is O=C1c2ccccc2-c2oc(=O)c3cc(Br)ccc3c21. The van der Waals surface area contributed by atoms with Crippen molar-refractivity contribution in [2.75, 3.05) is 0 Å². The summed E-state index contributed by atoms with van der Waals surface area (Å²) in [5, 5.41) is 1.06. The van der Waals surface area contributed by atoms with Crippen LogP contribution >= 0.6 is 15.9 Å². The van der Waals surface area contributed by atoms with Gasteiger partial charge in [-0.25, -0.2) is 4.79 Å². The molecule has 0 saturated carbocycles. The summed E-state index contributed by atoms with van der Waals surface area (Å²) in [6, 6.07) is 12.5. The Labute approximate surface area is 122 Å². The van der Waals surface area contributed by atoms with Gasteiger partial charge in [0.2, 0.25) is 0 Å². The minimum absolute atomic E-state index is 0.0910. The molecule has 0 radical (unpaired) electrons. The molecule has 1 heterocycles. The highest BCUT2D eigenvalue weighted by Gasteiger charge is 2.31. The summed E-state index contributed by atoms with van der Waals surface area (Å²) in [5.41, 5.74) is 1.33. The Kier molecular flexibility index (Phi) is 2.26. The third-order valence-corrected chi connectivity index (χ3v) is 4.03. The maximum absolute atomic E-state index is 12.5. The van der Waals surface area contributed by atoms with Gasteiger partial charge in [-0.1, -0.05) is 46.3 Å². The second kappa shape index (κ2) is 3.90. The lowest BCUT2D eigenvalue weighted by molar-refractivity contribution is 0.104. The quantitative estimate of drug-likeness (QED) is 0.494. The van der Waals surface area contributed by atoms with Gasteiger partial charge in [-0.3, -0.25) is 4.79 Å². The van der Waals surface area contributed by atoms with Crippen molar-refractivity contribution in [3.05, 3.63) is 68.5 Å². The summed E-state index contributed by atoms with van der Waals surface area (Å²) < 4.78 is 6.17. The van der Waals surface area contributed by atoms with Gasteiger partial charge in [0.15, 0.2) is 11.5 Å². The van der Waals surface area contributed by atoms with Gasteiger partial charge >= 0.3 is 5.63 Å².